The van der Waals surface area contributed by atoms with Gasteiger partial charge in [0.2, 0.25) is 0 Å². The first-order valence-corrected chi connectivity index (χ1v) is 11.3. The van der Waals surface area contributed by atoms with Crippen LogP contribution in [0.4, 0.5) is 0 Å². The van der Waals surface area contributed by atoms with Gasteiger partial charge in [0.1, 0.15) is 11.5 Å². The number of aliphatic hydroxyl groups is 1. The number of hydrogen-bond donors (Lipinski definition) is 1. The summed E-state index contributed by atoms with van der Waals surface area (Å²) < 4.78 is 11.4. The molecule has 4 rings (SSSR count). The first kappa shape index (κ1) is 22.4. The van der Waals surface area contributed by atoms with Crippen molar-refractivity contribution in [1.82, 2.24) is 4.90 Å². The van der Waals surface area contributed by atoms with Gasteiger partial charge in [-0.2, -0.15) is 0 Å². The van der Waals surface area contributed by atoms with Crippen molar-refractivity contribution in [2.75, 3.05) is 19.8 Å². The molecular weight excluding hydrogens is 430 g/mol. The van der Waals surface area contributed by atoms with Crippen LogP contribution in [-0.2, 0) is 14.3 Å². The molecule has 0 aromatic heterocycles. The molecule has 32 heavy (non-hydrogen) atoms. The third kappa shape index (κ3) is 4.52. The van der Waals surface area contributed by atoms with Gasteiger partial charge in [0.25, 0.3) is 11.7 Å². The first-order chi connectivity index (χ1) is 15.5. The van der Waals surface area contributed by atoms with Gasteiger partial charge in [-0.05, 0) is 49.1 Å². The lowest BCUT2D eigenvalue weighted by Gasteiger charge is -2.27. The molecule has 0 radical (unpaired) electrons. The molecule has 6 nitrogen and oxygen atoms in total. The molecule has 0 saturated carbocycles. The van der Waals surface area contributed by atoms with E-state index < -0.39 is 17.7 Å². The monoisotopic (exact) mass is 455 g/mol. The van der Waals surface area contributed by atoms with Gasteiger partial charge in [-0.3, -0.25) is 9.59 Å². The van der Waals surface area contributed by atoms with Gasteiger partial charge in [0.15, 0.2) is 0 Å². The van der Waals surface area contributed by atoms with Gasteiger partial charge in [-0.25, -0.2) is 0 Å². The lowest BCUT2D eigenvalue weighted by atomic mass is 9.95. The van der Waals surface area contributed by atoms with Crippen LogP contribution in [0.15, 0.2) is 54.1 Å². The van der Waals surface area contributed by atoms with Gasteiger partial charge in [0, 0.05) is 23.7 Å². The fraction of sp³-hybridized carbons (Fsp3) is 0.360. The molecule has 2 fully saturated rings. The second-order valence-corrected chi connectivity index (χ2v) is 8.45. The van der Waals surface area contributed by atoms with Crippen molar-refractivity contribution in [2.45, 2.75) is 38.3 Å². The minimum absolute atomic E-state index is 0.0583. The van der Waals surface area contributed by atoms with Crippen molar-refractivity contribution in [3.05, 3.63) is 70.3 Å². The minimum atomic E-state index is -0.725. The molecule has 2 atom stereocenters. The summed E-state index contributed by atoms with van der Waals surface area (Å²) in [7, 11) is 0. The quantitative estimate of drug-likeness (QED) is 0.371. The number of aliphatic hydroxyl groups excluding tert-OH is 1. The Morgan fingerprint density at radius 2 is 2.00 bits per heavy atom. The van der Waals surface area contributed by atoms with E-state index in [1.165, 1.54) is 4.90 Å². The van der Waals surface area contributed by atoms with Crippen molar-refractivity contribution in [3.63, 3.8) is 0 Å². The number of likely N-dealkylation sites (tertiary alicyclic amines) is 1. The van der Waals surface area contributed by atoms with E-state index in [4.69, 9.17) is 21.1 Å². The van der Waals surface area contributed by atoms with Crippen LogP contribution in [-0.4, -0.2) is 47.6 Å². The summed E-state index contributed by atoms with van der Waals surface area (Å²) in [5, 5.41) is 11.7. The van der Waals surface area contributed by atoms with Gasteiger partial charge >= 0.3 is 0 Å². The highest BCUT2D eigenvalue weighted by molar-refractivity contribution is 6.46. The number of ketones is 1. The zero-order valence-corrected chi connectivity index (χ0v) is 18.7. The largest absolute Gasteiger partial charge is 0.507 e. The Morgan fingerprint density at radius 3 is 2.69 bits per heavy atom. The Hall–Kier alpha value is -2.83. The summed E-state index contributed by atoms with van der Waals surface area (Å²) in [5.74, 6) is -0.978. The van der Waals surface area contributed by atoms with Crippen molar-refractivity contribution in [3.8, 4) is 5.75 Å². The Balaban J connectivity index is 1.77. The fourth-order valence-electron chi connectivity index (χ4n) is 4.18. The number of Topliss-reactive ketones (excluding diaryl/α,β-unsaturated/α-hetero) is 1. The normalized spacial score (nSPS) is 22.5. The van der Waals surface area contributed by atoms with Gasteiger partial charge in [-0.1, -0.05) is 42.8 Å². The highest BCUT2D eigenvalue weighted by atomic mass is 35.5. The molecule has 2 aliphatic heterocycles. The SMILES string of the molecule is CCCOc1cccc(/C(O)=C2/C(=O)C(=O)N(CC3CCCO3)C2c2ccc(Cl)cc2)c1. The maximum atomic E-state index is 13.1. The fourth-order valence-corrected chi connectivity index (χ4v) is 4.30. The standard InChI is InChI=1S/C25H26ClNO5/c1-2-12-31-19-6-3-5-17(14-19)23(28)21-22(16-8-10-18(26)11-9-16)27(25(30)24(21)29)15-20-7-4-13-32-20/h3,5-6,8-11,14,20,22,28H,2,4,7,12-13,15H2,1H3/b23-21-. The number of carbonyl (C=O) groups excluding carboxylic acids is 2. The summed E-state index contributed by atoms with van der Waals surface area (Å²) >= 11 is 6.06. The number of amides is 1. The first-order valence-electron chi connectivity index (χ1n) is 10.9. The molecule has 1 amide bonds. The van der Waals surface area contributed by atoms with Crippen LogP contribution >= 0.6 is 11.6 Å². The van der Waals surface area contributed by atoms with Crippen molar-refractivity contribution in [2.24, 2.45) is 0 Å². The zero-order chi connectivity index (χ0) is 22.7. The minimum Gasteiger partial charge on any atom is -0.507 e. The van der Waals surface area contributed by atoms with E-state index in [1.54, 1.807) is 48.5 Å². The average molecular weight is 456 g/mol. The molecule has 2 aliphatic rings. The second kappa shape index (κ2) is 9.76. The van der Waals surface area contributed by atoms with E-state index in [-0.39, 0.29) is 24.0 Å². The topological polar surface area (TPSA) is 76.1 Å². The zero-order valence-electron chi connectivity index (χ0n) is 17.9. The van der Waals surface area contributed by atoms with Crippen LogP contribution < -0.4 is 4.74 Å². The molecule has 7 heteroatoms. The highest BCUT2D eigenvalue weighted by Gasteiger charge is 2.47. The summed E-state index contributed by atoms with van der Waals surface area (Å²) in [4.78, 5) is 27.6. The van der Waals surface area contributed by atoms with Gasteiger partial charge in [-0.15, -0.1) is 0 Å². The van der Waals surface area contributed by atoms with Gasteiger partial charge in [0.05, 0.1) is 24.3 Å². The van der Waals surface area contributed by atoms with E-state index in [2.05, 4.69) is 0 Å². The second-order valence-electron chi connectivity index (χ2n) is 8.01. The number of nitrogens with zero attached hydrogens (tertiary/aromatic N) is 1. The molecule has 2 aromatic carbocycles. The molecule has 0 bridgehead atoms. The molecule has 1 N–H and O–H groups in total. The molecule has 0 spiro atoms. The molecule has 0 aliphatic carbocycles. The third-order valence-electron chi connectivity index (χ3n) is 5.73. The summed E-state index contributed by atoms with van der Waals surface area (Å²) in [6, 6.07) is 13.2. The number of benzene rings is 2. The molecular formula is C25H26ClNO5. The number of hydrogen-bond acceptors (Lipinski definition) is 5. The van der Waals surface area contributed by atoms with Crippen LogP contribution in [0, 0.1) is 0 Å². The lowest BCUT2D eigenvalue weighted by molar-refractivity contribution is -0.140. The molecule has 2 saturated heterocycles. The van der Waals surface area contributed by atoms with E-state index in [0.717, 1.165) is 19.3 Å². The number of ether oxygens (including phenoxy) is 2. The maximum Gasteiger partial charge on any atom is 0.295 e. The maximum absolute atomic E-state index is 13.1. The van der Waals surface area contributed by atoms with Crippen LogP contribution in [0.2, 0.25) is 5.02 Å². The molecule has 2 unspecified atom stereocenters. The number of halogens is 1. The molecule has 2 heterocycles. The Kier molecular flexibility index (Phi) is 6.82. The summed E-state index contributed by atoms with van der Waals surface area (Å²) in [6.45, 7) is 3.48. The molecule has 168 valence electrons. The van der Waals surface area contributed by atoms with Crippen molar-refractivity contribution in [1.29, 1.82) is 0 Å². The predicted octanol–water partition coefficient (Wildman–Crippen LogP) is 4.73. The van der Waals surface area contributed by atoms with Crippen LogP contribution in [0.1, 0.15) is 43.4 Å². The van der Waals surface area contributed by atoms with Gasteiger partial charge < -0.3 is 19.5 Å². The highest BCUT2D eigenvalue weighted by Crippen LogP contribution is 2.40. The predicted molar refractivity (Wildman–Crippen MR) is 122 cm³/mol. The van der Waals surface area contributed by atoms with E-state index in [1.807, 2.05) is 6.92 Å². The van der Waals surface area contributed by atoms with E-state index >= 15 is 0 Å². The Labute approximate surface area is 192 Å². The average Bonchev–Trinajstić information content (AvgIpc) is 3.40. The Morgan fingerprint density at radius 1 is 1.22 bits per heavy atom. The van der Waals surface area contributed by atoms with Crippen LogP contribution in [0.25, 0.3) is 5.76 Å². The number of carbonyl (C=O) groups is 2. The lowest BCUT2D eigenvalue weighted by Crippen LogP contribution is -2.36. The van der Waals surface area contributed by atoms with Crippen LogP contribution in [0.3, 0.4) is 0 Å². The summed E-state index contributed by atoms with van der Waals surface area (Å²) in [6.07, 6.45) is 2.47. The molecule has 2 aromatic rings. The van der Waals surface area contributed by atoms with Crippen molar-refractivity contribution < 1.29 is 24.2 Å². The third-order valence-corrected chi connectivity index (χ3v) is 5.98. The van der Waals surface area contributed by atoms with E-state index in [9.17, 15) is 14.7 Å². The van der Waals surface area contributed by atoms with Crippen LogP contribution in [0.5, 0.6) is 5.75 Å². The van der Waals surface area contributed by atoms with Crippen molar-refractivity contribution >= 4 is 29.1 Å². The smallest absolute Gasteiger partial charge is 0.295 e. The summed E-state index contributed by atoms with van der Waals surface area (Å²) in [5.41, 5.74) is 1.18. The Bertz CT molecular complexity index is 1030. The van der Waals surface area contributed by atoms with E-state index in [0.29, 0.717) is 35.1 Å². The number of rotatable bonds is 7.